The highest BCUT2D eigenvalue weighted by molar-refractivity contribution is 6.30. The number of halogens is 2. The summed E-state index contributed by atoms with van der Waals surface area (Å²) in [4.78, 5) is 20.9. The van der Waals surface area contributed by atoms with Crippen molar-refractivity contribution in [2.45, 2.75) is 58.6 Å². The quantitative estimate of drug-likeness (QED) is 0.162. The van der Waals surface area contributed by atoms with Gasteiger partial charge in [-0.3, -0.25) is 14.8 Å². The van der Waals surface area contributed by atoms with Crippen LogP contribution in [0.25, 0.3) is 27.5 Å². The van der Waals surface area contributed by atoms with Gasteiger partial charge >= 0.3 is 0 Å². The number of rotatable bonds is 8. The van der Waals surface area contributed by atoms with Gasteiger partial charge in [0.1, 0.15) is 11.6 Å². The molecule has 9 rings (SSSR count). The van der Waals surface area contributed by atoms with Crippen molar-refractivity contribution < 1.29 is 23.4 Å². The molecule has 5 heterocycles. The number of anilines is 1. The fourth-order valence-corrected chi connectivity index (χ4v) is 7.77. The molecule has 1 amide bonds. The number of nitrogens with zero attached hydrogens (tertiary/aromatic N) is 4. The van der Waals surface area contributed by atoms with E-state index in [1.165, 1.54) is 6.07 Å². The summed E-state index contributed by atoms with van der Waals surface area (Å²) in [5, 5.41) is 11.7. The third-order valence-electron chi connectivity index (χ3n) is 10.6. The van der Waals surface area contributed by atoms with Gasteiger partial charge in [-0.25, -0.2) is 9.37 Å². The lowest BCUT2D eigenvalue weighted by atomic mass is 9.98. The topological polar surface area (TPSA) is 107 Å². The van der Waals surface area contributed by atoms with Crippen molar-refractivity contribution in [2.75, 3.05) is 25.0 Å². The van der Waals surface area contributed by atoms with Crippen molar-refractivity contribution >= 4 is 50.7 Å². The van der Waals surface area contributed by atoms with Gasteiger partial charge in [0, 0.05) is 59.5 Å². The lowest BCUT2D eigenvalue weighted by molar-refractivity contribution is -0.0708. The lowest BCUT2D eigenvalue weighted by Crippen LogP contribution is -2.33. The van der Waals surface area contributed by atoms with Gasteiger partial charge in [-0.1, -0.05) is 29.8 Å². The van der Waals surface area contributed by atoms with Crippen molar-refractivity contribution in [3.8, 4) is 11.5 Å². The number of nitrogens with one attached hydrogen (secondary N) is 2. The lowest BCUT2D eigenvalue weighted by Gasteiger charge is -2.29. The first-order chi connectivity index (χ1) is 25.6. The predicted octanol–water partition coefficient (Wildman–Crippen LogP) is 8.30. The Hall–Kier alpha value is -5.23. The predicted molar refractivity (Wildman–Crippen MR) is 202 cm³/mol. The summed E-state index contributed by atoms with van der Waals surface area (Å²) in [5.74, 6) is 0.163. The van der Waals surface area contributed by atoms with Gasteiger partial charge in [-0.05, 0) is 92.4 Å². The number of fused-ring (bicyclic) bond motifs is 3. The van der Waals surface area contributed by atoms with Crippen molar-refractivity contribution in [3.63, 3.8) is 0 Å². The molecule has 10 nitrogen and oxygen atoms in total. The number of benzene rings is 4. The van der Waals surface area contributed by atoms with E-state index in [9.17, 15) is 9.18 Å². The fourth-order valence-electron chi connectivity index (χ4n) is 7.61. The Morgan fingerprint density at radius 2 is 1.98 bits per heavy atom. The Balaban J connectivity index is 0.939. The molecule has 0 spiro atoms. The number of ether oxygens (including phenoxy) is 3. The minimum atomic E-state index is -1.31. The van der Waals surface area contributed by atoms with Gasteiger partial charge < -0.3 is 24.1 Å². The Labute approximate surface area is 310 Å². The molecule has 12 heteroatoms. The molecule has 6 aromatic rings. The van der Waals surface area contributed by atoms with Crippen LogP contribution in [0, 0.1) is 19.7 Å². The average molecular weight is 733 g/mol. The number of imidazole rings is 1. The highest BCUT2D eigenvalue weighted by Gasteiger charge is 2.42. The van der Waals surface area contributed by atoms with Crippen LogP contribution in [0.5, 0.6) is 11.5 Å². The van der Waals surface area contributed by atoms with Crippen LogP contribution in [0.1, 0.15) is 58.3 Å². The summed E-state index contributed by atoms with van der Waals surface area (Å²) in [6.07, 6.45) is 4.18. The molecule has 3 aliphatic heterocycles. The van der Waals surface area contributed by atoms with Crippen molar-refractivity contribution in [2.24, 2.45) is 0 Å². The van der Waals surface area contributed by atoms with Crippen molar-refractivity contribution in [1.82, 2.24) is 24.6 Å². The molecule has 0 radical (unpaired) electrons. The number of carbonyl (C=O) groups is 1. The fraction of sp³-hybridized carbons (Fsp3) is 0.293. The van der Waals surface area contributed by atoms with E-state index in [1.807, 2.05) is 62.4 Å². The van der Waals surface area contributed by atoms with Crippen LogP contribution in [0.4, 0.5) is 10.1 Å². The molecule has 3 aliphatic rings. The van der Waals surface area contributed by atoms with Gasteiger partial charge in [0.25, 0.3) is 11.7 Å². The Bertz CT molecular complexity index is 2470. The number of hydrogen-bond donors (Lipinski definition) is 2. The Morgan fingerprint density at radius 1 is 1.11 bits per heavy atom. The first-order valence-electron chi connectivity index (χ1n) is 17.9. The third kappa shape index (κ3) is 6.12. The van der Waals surface area contributed by atoms with E-state index >= 15 is 0 Å². The number of hydrogen-bond acceptors (Lipinski definition) is 7. The maximum Gasteiger partial charge on any atom is 0.278 e. The summed E-state index contributed by atoms with van der Waals surface area (Å²) in [6, 6.07) is 20.0. The van der Waals surface area contributed by atoms with Crippen LogP contribution in [-0.4, -0.2) is 56.4 Å². The maximum absolute atomic E-state index is 14.9. The first kappa shape index (κ1) is 33.6. The van der Waals surface area contributed by atoms with Gasteiger partial charge in [0.2, 0.25) is 0 Å². The number of aryl methyl sites for hydroxylation is 2. The van der Waals surface area contributed by atoms with Gasteiger partial charge in [0.05, 0.1) is 41.3 Å². The molecule has 1 unspecified atom stereocenters. The number of carbonyl (C=O) groups excluding carboxylic acids is 1. The van der Waals surface area contributed by atoms with E-state index < -0.39 is 11.6 Å². The minimum absolute atomic E-state index is 0.150. The highest BCUT2D eigenvalue weighted by atomic mass is 35.5. The van der Waals surface area contributed by atoms with Crippen molar-refractivity contribution in [1.29, 1.82) is 0 Å². The summed E-state index contributed by atoms with van der Waals surface area (Å²) < 4.78 is 35.6. The van der Waals surface area contributed by atoms with E-state index in [2.05, 4.69) is 31.1 Å². The van der Waals surface area contributed by atoms with Crippen LogP contribution in [0.3, 0.4) is 0 Å². The first-order valence-corrected chi connectivity index (χ1v) is 18.3. The van der Waals surface area contributed by atoms with Crippen LogP contribution in [0.15, 0.2) is 72.8 Å². The van der Waals surface area contributed by atoms with Crippen LogP contribution < -0.4 is 14.8 Å². The number of aromatic nitrogens is 4. The largest absolute Gasteiger partial charge is 0.444 e. The molecule has 270 valence electrons. The number of amides is 1. The van der Waals surface area contributed by atoms with E-state index in [-0.39, 0.29) is 17.6 Å². The van der Waals surface area contributed by atoms with Crippen LogP contribution >= 0.6 is 11.6 Å². The van der Waals surface area contributed by atoms with Gasteiger partial charge in [-0.15, -0.1) is 0 Å². The number of para-hydroxylation sites is 1. The molecule has 0 aliphatic carbocycles. The smallest absolute Gasteiger partial charge is 0.278 e. The molecule has 2 aromatic heterocycles. The molecular formula is C41H38ClFN6O4. The molecule has 4 aromatic carbocycles. The molecule has 0 bridgehead atoms. The standard InChI is InChI=1S/C41H38ClFN6O4/c1-23-17-26(18-31-24(2)46-47-38(23)31)40(50)44-28-8-10-35-34(20-28)45-37(49(35)21-29-13-16-51-29)22-48-14-11-25(12-15-48)30-5-4-6-36-39(30)53-41(3,52-36)32-9-7-27(42)19-33(32)43/h4-11,17-20,29H,12-16,21-22H2,1-3H3,(H,44,50)(H,46,47)/t29-,41?/m0/s1. The molecule has 2 N–H and O–H groups in total. The Kier molecular flexibility index (Phi) is 8.25. The number of H-pyrrole nitrogens is 1. The summed E-state index contributed by atoms with van der Waals surface area (Å²) in [6.45, 7) is 9.31. The summed E-state index contributed by atoms with van der Waals surface area (Å²) in [5.41, 5.74) is 8.21. The van der Waals surface area contributed by atoms with Crippen molar-refractivity contribution in [3.05, 3.63) is 117 Å². The minimum Gasteiger partial charge on any atom is -0.444 e. The van der Waals surface area contributed by atoms with E-state index in [4.69, 9.17) is 30.8 Å². The van der Waals surface area contributed by atoms with E-state index in [0.717, 1.165) is 82.7 Å². The van der Waals surface area contributed by atoms with Crippen LogP contribution in [-0.2, 0) is 23.6 Å². The molecule has 0 saturated carbocycles. The monoisotopic (exact) mass is 732 g/mol. The molecular weight excluding hydrogens is 695 g/mol. The molecule has 2 atom stereocenters. The zero-order valence-corrected chi connectivity index (χ0v) is 30.4. The summed E-state index contributed by atoms with van der Waals surface area (Å²) in [7, 11) is 0. The van der Waals surface area contributed by atoms with Gasteiger partial charge in [0.15, 0.2) is 11.5 Å². The molecule has 1 saturated heterocycles. The summed E-state index contributed by atoms with van der Waals surface area (Å²) >= 11 is 6.01. The molecule has 1 fully saturated rings. The number of aromatic amines is 1. The van der Waals surface area contributed by atoms with Crippen LogP contribution in [0.2, 0.25) is 5.02 Å². The molecule has 53 heavy (non-hydrogen) atoms. The normalized spacial score (nSPS) is 19.8. The highest BCUT2D eigenvalue weighted by Crippen LogP contribution is 2.49. The van der Waals surface area contributed by atoms with Gasteiger partial charge in [-0.2, -0.15) is 5.10 Å². The zero-order chi connectivity index (χ0) is 36.4. The zero-order valence-electron chi connectivity index (χ0n) is 29.6. The Morgan fingerprint density at radius 3 is 2.75 bits per heavy atom. The second-order valence-electron chi connectivity index (χ2n) is 14.2. The maximum atomic E-state index is 14.9. The second-order valence-corrected chi connectivity index (χ2v) is 14.7. The van der Waals surface area contributed by atoms with E-state index in [0.29, 0.717) is 40.9 Å². The average Bonchev–Trinajstić information content (AvgIpc) is 3.78. The van der Waals surface area contributed by atoms with E-state index in [1.54, 1.807) is 19.1 Å². The SMILES string of the molecule is Cc1[nH]nc2c(C)cc(C(=O)Nc3ccc4c(c3)nc(CN3CC=C(c5cccc6c5OC(C)(c5ccc(Cl)cc5F)O6)CC3)n4C[C@@H]3CCO3)cc12. The second kappa shape index (κ2) is 13.0. The third-order valence-corrected chi connectivity index (χ3v) is 10.8.